The van der Waals surface area contributed by atoms with Gasteiger partial charge in [-0.15, -0.1) is 22.7 Å². The van der Waals surface area contributed by atoms with Crippen molar-refractivity contribution in [2.24, 2.45) is 11.8 Å². The molecule has 5 rings (SSSR count). The molecule has 2 aromatic rings. The van der Waals surface area contributed by atoms with Crippen LogP contribution in [0.1, 0.15) is 61.0 Å². The summed E-state index contributed by atoms with van der Waals surface area (Å²) in [4.78, 5) is 55.4. The molecule has 2 amide bonds. The lowest BCUT2D eigenvalue weighted by atomic mass is 9.73. The van der Waals surface area contributed by atoms with E-state index in [0.717, 1.165) is 32.0 Å². The van der Waals surface area contributed by atoms with E-state index < -0.39 is 36.0 Å². The normalized spacial score (nSPS) is 24.6. The Kier molecular flexibility index (Phi) is 6.38. The van der Waals surface area contributed by atoms with Gasteiger partial charge in [0.15, 0.2) is 0 Å². The van der Waals surface area contributed by atoms with Crippen molar-refractivity contribution in [3.63, 3.8) is 0 Å². The van der Waals surface area contributed by atoms with Crippen molar-refractivity contribution in [3.8, 4) is 0 Å². The van der Waals surface area contributed by atoms with Crippen LogP contribution in [0.4, 0.5) is 0 Å². The standard InChI is InChI=1S/C26H27NO7S2/c1-6-27-23(28)19-20(24(27)29)22-18(14-10-16(36-12(14)5)26(31)33-8-3)17(21(19)34-22)13-9-15(35-11(13)4)25(30)32-7-2/h9-10,19-22H,6-8H2,1-5H3/t19-,20+,21+,22-. The molecule has 3 aliphatic heterocycles. The van der Waals surface area contributed by atoms with Gasteiger partial charge < -0.3 is 14.2 Å². The predicted molar refractivity (Wildman–Crippen MR) is 135 cm³/mol. The van der Waals surface area contributed by atoms with E-state index in [4.69, 9.17) is 14.2 Å². The number of hydrogen-bond donors (Lipinski definition) is 0. The zero-order valence-corrected chi connectivity index (χ0v) is 22.3. The summed E-state index contributed by atoms with van der Waals surface area (Å²) in [6.07, 6.45) is -1.23. The number of thiophene rings is 2. The lowest BCUT2D eigenvalue weighted by molar-refractivity contribution is -0.141. The third-order valence-corrected chi connectivity index (χ3v) is 9.04. The highest BCUT2D eigenvalue weighted by Gasteiger charge is 2.65. The highest BCUT2D eigenvalue weighted by molar-refractivity contribution is 7.14. The largest absolute Gasteiger partial charge is 0.462 e. The lowest BCUT2D eigenvalue weighted by Crippen LogP contribution is -2.34. The first kappa shape index (κ1) is 24.9. The van der Waals surface area contributed by atoms with Gasteiger partial charge in [0.2, 0.25) is 11.8 Å². The van der Waals surface area contributed by atoms with Crippen LogP contribution in [0.25, 0.3) is 11.1 Å². The molecule has 2 fully saturated rings. The highest BCUT2D eigenvalue weighted by Crippen LogP contribution is 2.58. The minimum absolute atomic E-state index is 0.218. The van der Waals surface area contributed by atoms with E-state index in [1.807, 2.05) is 13.8 Å². The molecule has 0 radical (unpaired) electrons. The number of aryl methyl sites for hydroxylation is 2. The summed E-state index contributed by atoms with van der Waals surface area (Å²) in [7, 11) is 0. The number of fused-ring (bicyclic) bond motifs is 5. The molecule has 0 N–H and O–H groups in total. The summed E-state index contributed by atoms with van der Waals surface area (Å²) in [5, 5.41) is 0. The number of imide groups is 1. The number of ether oxygens (including phenoxy) is 3. The second kappa shape index (κ2) is 9.24. The maximum Gasteiger partial charge on any atom is 0.348 e. The predicted octanol–water partition coefficient (Wildman–Crippen LogP) is 4.09. The van der Waals surface area contributed by atoms with E-state index >= 15 is 0 Å². The summed E-state index contributed by atoms with van der Waals surface area (Å²) in [6, 6.07) is 3.58. The number of nitrogens with zero attached hydrogens (tertiary/aromatic N) is 1. The van der Waals surface area contributed by atoms with Gasteiger partial charge in [-0.2, -0.15) is 0 Å². The van der Waals surface area contributed by atoms with Crippen LogP contribution < -0.4 is 0 Å². The molecule has 36 heavy (non-hydrogen) atoms. The number of esters is 2. The molecular formula is C26H27NO7S2. The molecule has 2 aromatic heterocycles. The molecular weight excluding hydrogens is 502 g/mol. The van der Waals surface area contributed by atoms with Crippen molar-refractivity contribution in [2.45, 2.75) is 46.8 Å². The summed E-state index contributed by atoms with van der Waals surface area (Å²) in [6.45, 7) is 9.99. The molecule has 2 saturated heterocycles. The van der Waals surface area contributed by atoms with Crippen molar-refractivity contribution < 1.29 is 33.4 Å². The molecule has 0 saturated carbocycles. The van der Waals surface area contributed by atoms with Crippen LogP contribution in [0.5, 0.6) is 0 Å². The Morgan fingerprint density at radius 3 is 1.61 bits per heavy atom. The van der Waals surface area contributed by atoms with Gasteiger partial charge in [-0.3, -0.25) is 14.5 Å². The number of hydrogen-bond acceptors (Lipinski definition) is 9. The maximum atomic E-state index is 13.2. The van der Waals surface area contributed by atoms with E-state index in [1.54, 1.807) is 32.9 Å². The van der Waals surface area contributed by atoms with Gasteiger partial charge in [0.05, 0.1) is 37.3 Å². The summed E-state index contributed by atoms with van der Waals surface area (Å²) in [5.74, 6) is -2.44. The summed E-state index contributed by atoms with van der Waals surface area (Å²) in [5.41, 5.74) is 3.23. The Balaban J connectivity index is 1.69. The third-order valence-electron chi connectivity index (χ3n) is 6.98. The highest BCUT2D eigenvalue weighted by atomic mass is 32.1. The SMILES string of the molecule is CCOC(=O)c1cc(C2=C(c3cc(C(=O)OCC)sc3C)[C@@H]3O[C@H]2[C@H]2C(=O)N(CC)C(=O)[C@H]23)c(C)s1. The van der Waals surface area contributed by atoms with Crippen molar-refractivity contribution in [3.05, 3.63) is 42.8 Å². The van der Waals surface area contributed by atoms with Crippen LogP contribution in [0.15, 0.2) is 12.1 Å². The minimum atomic E-state index is -0.614. The fraction of sp³-hybridized carbons (Fsp3) is 0.462. The number of carbonyl (C=O) groups is 4. The Bertz CT molecular complexity index is 1220. The van der Waals surface area contributed by atoms with Crippen LogP contribution in [0.3, 0.4) is 0 Å². The molecule has 8 nitrogen and oxygen atoms in total. The van der Waals surface area contributed by atoms with Gasteiger partial charge in [-0.25, -0.2) is 9.59 Å². The van der Waals surface area contributed by atoms with Crippen LogP contribution in [0.2, 0.25) is 0 Å². The van der Waals surface area contributed by atoms with Gasteiger partial charge in [0, 0.05) is 16.3 Å². The smallest absolute Gasteiger partial charge is 0.348 e. The second-order valence-electron chi connectivity index (χ2n) is 8.88. The molecule has 0 unspecified atom stereocenters. The summed E-state index contributed by atoms with van der Waals surface area (Å²) < 4.78 is 16.8. The zero-order valence-electron chi connectivity index (χ0n) is 20.7. The van der Waals surface area contributed by atoms with E-state index in [-0.39, 0.29) is 25.0 Å². The van der Waals surface area contributed by atoms with Gasteiger partial charge >= 0.3 is 11.9 Å². The first-order valence-corrected chi connectivity index (χ1v) is 13.7. The van der Waals surface area contributed by atoms with Crippen molar-refractivity contribution in [1.29, 1.82) is 0 Å². The van der Waals surface area contributed by atoms with Gasteiger partial charge in [0.25, 0.3) is 0 Å². The fourth-order valence-corrected chi connectivity index (χ4v) is 7.41. The van der Waals surface area contributed by atoms with Gasteiger partial charge in [-0.05, 0) is 69.0 Å². The molecule has 190 valence electrons. The van der Waals surface area contributed by atoms with Crippen LogP contribution >= 0.6 is 22.7 Å². The Morgan fingerprint density at radius 2 is 1.25 bits per heavy atom. The monoisotopic (exact) mass is 529 g/mol. The lowest BCUT2D eigenvalue weighted by Gasteiger charge is -2.24. The number of likely N-dealkylation sites (tertiary alicyclic amines) is 1. The van der Waals surface area contributed by atoms with Crippen LogP contribution in [0, 0.1) is 25.7 Å². The molecule has 3 aliphatic rings. The average molecular weight is 530 g/mol. The second-order valence-corrected chi connectivity index (χ2v) is 11.4. The Morgan fingerprint density at radius 1 is 0.833 bits per heavy atom. The maximum absolute atomic E-state index is 13.2. The van der Waals surface area contributed by atoms with Crippen molar-refractivity contribution >= 4 is 57.6 Å². The molecule has 0 spiro atoms. The van der Waals surface area contributed by atoms with Crippen LogP contribution in [-0.2, 0) is 23.8 Å². The van der Waals surface area contributed by atoms with Crippen molar-refractivity contribution in [1.82, 2.24) is 4.90 Å². The zero-order chi connectivity index (χ0) is 25.9. The molecule has 0 aromatic carbocycles. The molecule has 0 aliphatic carbocycles. The molecule has 10 heteroatoms. The third kappa shape index (κ3) is 3.57. The Hall–Kier alpha value is -2.82. The number of amides is 2. The quantitative estimate of drug-likeness (QED) is 0.393. The van der Waals surface area contributed by atoms with Crippen LogP contribution in [-0.4, -0.2) is 60.6 Å². The fourth-order valence-electron chi connectivity index (χ4n) is 5.55. The Labute approximate surface area is 216 Å². The summed E-state index contributed by atoms with van der Waals surface area (Å²) >= 11 is 2.66. The van der Waals surface area contributed by atoms with Crippen molar-refractivity contribution in [2.75, 3.05) is 19.8 Å². The van der Waals surface area contributed by atoms with Gasteiger partial charge in [0.1, 0.15) is 9.75 Å². The molecule has 4 atom stereocenters. The van der Waals surface area contributed by atoms with E-state index in [1.165, 1.54) is 27.6 Å². The van der Waals surface area contributed by atoms with E-state index in [9.17, 15) is 19.2 Å². The first-order valence-electron chi connectivity index (χ1n) is 12.0. The first-order chi connectivity index (χ1) is 17.2. The van der Waals surface area contributed by atoms with E-state index in [0.29, 0.717) is 16.3 Å². The number of rotatable bonds is 7. The molecule has 2 bridgehead atoms. The minimum Gasteiger partial charge on any atom is -0.462 e. The molecule has 5 heterocycles. The number of carbonyl (C=O) groups excluding carboxylic acids is 4. The van der Waals surface area contributed by atoms with E-state index in [2.05, 4.69) is 0 Å². The average Bonchev–Trinajstić information content (AvgIpc) is 3.62. The van der Waals surface area contributed by atoms with Gasteiger partial charge in [-0.1, -0.05) is 0 Å². The topological polar surface area (TPSA) is 99.2 Å².